The molecule has 1 aromatic heterocycles. The number of ether oxygens (including phenoxy) is 1. The van der Waals surface area contributed by atoms with Gasteiger partial charge in [0.05, 0.1) is 13.2 Å². The quantitative estimate of drug-likeness (QED) is 0.482. The normalized spacial score (nSPS) is 10.4. The van der Waals surface area contributed by atoms with Gasteiger partial charge in [-0.15, -0.1) is 0 Å². The third-order valence-corrected chi connectivity index (χ3v) is 2.45. The highest BCUT2D eigenvalue weighted by Crippen LogP contribution is 2.08. The Hall–Kier alpha value is -2.02. The highest BCUT2D eigenvalue weighted by Gasteiger charge is 2.10. The van der Waals surface area contributed by atoms with Crippen molar-refractivity contribution in [1.29, 1.82) is 0 Å². The van der Waals surface area contributed by atoms with Gasteiger partial charge in [0.1, 0.15) is 11.5 Å². The Morgan fingerprint density at radius 1 is 1.53 bits per heavy atom. The highest BCUT2D eigenvalue weighted by atomic mass is 16.5. The van der Waals surface area contributed by atoms with Crippen LogP contribution in [-0.2, 0) is 11.3 Å². The summed E-state index contributed by atoms with van der Waals surface area (Å²) in [7, 11) is 0. The van der Waals surface area contributed by atoms with Crippen molar-refractivity contribution < 1.29 is 4.74 Å². The summed E-state index contributed by atoms with van der Waals surface area (Å²) in [5, 5.41) is 2.87. The van der Waals surface area contributed by atoms with Gasteiger partial charge in [0, 0.05) is 13.1 Å². The van der Waals surface area contributed by atoms with E-state index < -0.39 is 11.2 Å². The number of aromatic nitrogens is 2. The monoisotopic (exact) mass is 268 g/mol. The second-order valence-corrected chi connectivity index (χ2v) is 4.20. The zero-order valence-corrected chi connectivity index (χ0v) is 11.3. The van der Waals surface area contributed by atoms with Crippen molar-refractivity contribution in [2.75, 3.05) is 30.8 Å². The van der Waals surface area contributed by atoms with E-state index in [0.29, 0.717) is 26.3 Å². The lowest BCUT2D eigenvalue weighted by atomic mass is 10.4. The van der Waals surface area contributed by atoms with Crippen molar-refractivity contribution >= 4 is 11.5 Å². The van der Waals surface area contributed by atoms with Gasteiger partial charge in [-0.05, 0) is 13.8 Å². The van der Waals surface area contributed by atoms with Crippen molar-refractivity contribution in [2.45, 2.75) is 20.4 Å². The third-order valence-electron chi connectivity index (χ3n) is 2.45. The summed E-state index contributed by atoms with van der Waals surface area (Å²) < 4.78 is 6.58. The Morgan fingerprint density at radius 3 is 2.79 bits per heavy atom. The number of hydrogen-bond donors (Lipinski definition) is 3. The van der Waals surface area contributed by atoms with E-state index >= 15 is 0 Å². The molecule has 106 valence electrons. The summed E-state index contributed by atoms with van der Waals surface area (Å²) in [4.78, 5) is 25.3. The topological polar surface area (TPSA) is 102 Å². The molecule has 7 heteroatoms. The molecule has 0 amide bonds. The minimum absolute atomic E-state index is 0.135. The maximum Gasteiger partial charge on any atom is 0.330 e. The molecule has 0 saturated heterocycles. The van der Waals surface area contributed by atoms with E-state index in [4.69, 9.17) is 10.5 Å². The average Bonchev–Trinajstić information content (AvgIpc) is 2.32. The second kappa shape index (κ2) is 6.79. The molecule has 0 bridgehead atoms. The lowest BCUT2D eigenvalue weighted by Crippen LogP contribution is -2.34. The van der Waals surface area contributed by atoms with Crippen LogP contribution < -0.4 is 22.3 Å². The number of rotatable bonds is 7. The van der Waals surface area contributed by atoms with Crippen LogP contribution in [0, 0.1) is 0 Å². The first-order valence-corrected chi connectivity index (χ1v) is 6.06. The summed E-state index contributed by atoms with van der Waals surface area (Å²) in [6, 6.07) is 0. The molecule has 0 saturated carbocycles. The molecule has 0 unspecified atom stereocenters. The van der Waals surface area contributed by atoms with Crippen LogP contribution in [0.5, 0.6) is 0 Å². The van der Waals surface area contributed by atoms with Gasteiger partial charge in [0.25, 0.3) is 5.56 Å². The van der Waals surface area contributed by atoms with Crippen molar-refractivity contribution in [3.63, 3.8) is 0 Å². The molecule has 7 nitrogen and oxygen atoms in total. The van der Waals surface area contributed by atoms with Gasteiger partial charge >= 0.3 is 5.69 Å². The maximum absolute atomic E-state index is 11.6. The molecule has 19 heavy (non-hydrogen) atoms. The van der Waals surface area contributed by atoms with Crippen LogP contribution in [0.1, 0.15) is 13.8 Å². The van der Waals surface area contributed by atoms with Crippen LogP contribution in [0.4, 0.5) is 11.5 Å². The minimum Gasteiger partial charge on any atom is -0.383 e. The molecule has 0 aliphatic carbocycles. The Morgan fingerprint density at radius 2 is 2.21 bits per heavy atom. The van der Waals surface area contributed by atoms with Gasteiger partial charge in [-0.3, -0.25) is 14.3 Å². The average molecular weight is 268 g/mol. The Kier molecular flexibility index (Phi) is 5.37. The molecule has 0 aliphatic heterocycles. The Balaban J connectivity index is 2.71. The molecule has 0 aliphatic rings. The van der Waals surface area contributed by atoms with E-state index in [1.807, 2.05) is 6.92 Å². The molecule has 4 N–H and O–H groups in total. The number of nitrogens with two attached hydrogens (primary N) is 1. The highest BCUT2D eigenvalue weighted by molar-refractivity contribution is 5.60. The van der Waals surface area contributed by atoms with E-state index in [0.717, 1.165) is 5.57 Å². The molecule has 1 rings (SSSR count). The van der Waals surface area contributed by atoms with Crippen LogP contribution in [0.2, 0.25) is 0 Å². The number of aromatic amines is 1. The zero-order chi connectivity index (χ0) is 14.4. The molecule has 0 spiro atoms. The van der Waals surface area contributed by atoms with Gasteiger partial charge in [0.2, 0.25) is 0 Å². The van der Waals surface area contributed by atoms with E-state index in [1.165, 1.54) is 4.57 Å². The third kappa shape index (κ3) is 3.99. The molecular formula is C12H20N4O3. The van der Waals surface area contributed by atoms with E-state index in [1.54, 1.807) is 6.92 Å². The minimum atomic E-state index is -0.521. The standard InChI is InChI=1S/C12H20N4O3/c1-4-16-10(13)9(11(17)15-12(16)18)14-5-6-19-7-8(2)3/h14H,2,4-7,13H2,1,3H3,(H,15,17,18). The molecule has 0 aromatic carbocycles. The van der Waals surface area contributed by atoms with Crippen molar-refractivity contribution in [2.24, 2.45) is 0 Å². The summed E-state index contributed by atoms with van der Waals surface area (Å²) in [6.45, 7) is 9.05. The van der Waals surface area contributed by atoms with Gasteiger partial charge < -0.3 is 15.8 Å². The van der Waals surface area contributed by atoms with Crippen molar-refractivity contribution in [3.8, 4) is 0 Å². The van der Waals surface area contributed by atoms with Crippen LogP contribution in [0.3, 0.4) is 0 Å². The lowest BCUT2D eigenvalue weighted by Gasteiger charge is -2.12. The molecule has 0 radical (unpaired) electrons. The SMILES string of the molecule is C=C(C)COCCNc1c(N)n(CC)c(=O)[nH]c1=O. The zero-order valence-electron chi connectivity index (χ0n) is 11.3. The number of H-pyrrole nitrogens is 1. The lowest BCUT2D eigenvalue weighted by molar-refractivity contribution is 0.167. The van der Waals surface area contributed by atoms with Gasteiger partial charge in [-0.2, -0.15) is 0 Å². The smallest absolute Gasteiger partial charge is 0.330 e. The second-order valence-electron chi connectivity index (χ2n) is 4.20. The largest absolute Gasteiger partial charge is 0.383 e. The van der Waals surface area contributed by atoms with Crippen molar-refractivity contribution in [1.82, 2.24) is 9.55 Å². The van der Waals surface area contributed by atoms with Gasteiger partial charge in [-0.1, -0.05) is 12.2 Å². The first kappa shape index (κ1) is 15.0. The van der Waals surface area contributed by atoms with Gasteiger partial charge in [-0.25, -0.2) is 4.79 Å². The molecule has 1 heterocycles. The summed E-state index contributed by atoms with van der Waals surface area (Å²) in [5.74, 6) is 0.135. The first-order chi connectivity index (χ1) is 8.97. The summed E-state index contributed by atoms with van der Waals surface area (Å²) in [6.07, 6.45) is 0. The van der Waals surface area contributed by atoms with Crippen LogP contribution in [0.25, 0.3) is 0 Å². The fourth-order valence-electron chi connectivity index (χ4n) is 1.57. The first-order valence-electron chi connectivity index (χ1n) is 6.06. The van der Waals surface area contributed by atoms with Crippen LogP contribution in [-0.4, -0.2) is 29.3 Å². The summed E-state index contributed by atoms with van der Waals surface area (Å²) >= 11 is 0. The molecule has 0 atom stereocenters. The van der Waals surface area contributed by atoms with Gasteiger partial charge in [0.15, 0.2) is 0 Å². The Labute approximate surface area is 111 Å². The fraction of sp³-hybridized carbons (Fsp3) is 0.500. The number of hydrogen-bond acceptors (Lipinski definition) is 5. The Bertz CT molecular complexity index is 559. The van der Waals surface area contributed by atoms with E-state index in [2.05, 4.69) is 16.9 Å². The van der Waals surface area contributed by atoms with Crippen LogP contribution in [0.15, 0.2) is 21.7 Å². The fourth-order valence-corrected chi connectivity index (χ4v) is 1.57. The predicted octanol–water partition coefficient (Wildman–Crippen LogP) is 0.143. The van der Waals surface area contributed by atoms with Crippen molar-refractivity contribution in [3.05, 3.63) is 33.0 Å². The summed E-state index contributed by atoms with van der Waals surface area (Å²) in [5.41, 5.74) is 5.88. The van der Waals surface area contributed by atoms with E-state index in [9.17, 15) is 9.59 Å². The van der Waals surface area contributed by atoms with E-state index in [-0.39, 0.29) is 11.5 Å². The number of nitrogens with zero attached hydrogens (tertiary/aromatic N) is 1. The number of anilines is 2. The molecule has 0 fully saturated rings. The number of nitrogen functional groups attached to an aromatic ring is 1. The predicted molar refractivity (Wildman–Crippen MR) is 75.5 cm³/mol. The molecule has 1 aromatic rings. The number of nitrogens with one attached hydrogen (secondary N) is 2. The maximum atomic E-state index is 11.6. The molecular weight excluding hydrogens is 248 g/mol. The van der Waals surface area contributed by atoms with Crippen LogP contribution >= 0.6 is 0 Å².